The van der Waals surface area contributed by atoms with Crippen LogP contribution >= 0.6 is 11.6 Å². The largest absolute Gasteiger partial charge is 0.389 e. The van der Waals surface area contributed by atoms with Gasteiger partial charge in [-0.2, -0.15) is 0 Å². The summed E-state index contributed by atoms with van der Waals surface area (Å²) in [4.78, 5) is 0. The van der Waals surface area contributed by atoms with Gasteiger partial charge in [-0.15, -0.1) is 5.10 Å². The van der Waals surface area contributed by atoms with E-state index >= 15 is 0 Å². The number of aliphatic hydroxyl groups is 1. The monoisotopic (exact) mass is 273 g/mol. The Hall–Kier alpha value is -1.91. The highest BCUT2D eigenvalue weighted by molar-refractivity contribution is 6.32. The van der Waals surface area contributed by atoms with Gasteiger partial charge >= 0.3 is 0 Å². The second-order valence-electron chi connectivity index (χ2n) is 4.38. The van der Waals surface area contributed by atoms with E-state index in [1.165, 1.54) is 0 Å². The van der Waals surface area contributed by atoms with Gasteiger partial charge < -0.3 is 5.11 Å². The molecule has 0 bridgehead atoms. The molecule has 1 aromatic heterocycles. The van der Waals surface area contributed by atoms with Crippen molar-refractivity contribution in [1.29, 1.82) is 0 Å². The summed E-state index contributed by atoms with van der Waals surface area (Å²) in [6.45, 7) is 1.70. The fourth-order valence-corrected chi connectivity index (χ4v) is 2.27. The third kappa shape index (κ3) is 2.09. The zero-order chi connectivity index (χ0) is 13.4. The van der Waals surface area contributed by atoms with Crippen LogP contribution in [-0.4, -0.2) is 20.1 Å². The van der Waals surface area contributed by atoms with Crippen LogP contribution in [0.1, 0.15) is 18.6 Å². The SMILES string of the molecule is C[C@@H](O)c1ccc(-n2nnc3ccccc32)c(Cl)c1. The van der Waals surface area contributed by atoms with E-state index in [9.17, 15) is 5.11 Å². The van der Waals surface area contributed by atoms with Gasteiger partial charge in [0.25, 0.3) is 0 Å². The molecule has 1 heterocycles. The Morgan fingerprint density at radius 2 is 2.00 bits per heavy atom. The summed E-state index contributed by atoms with van der Waals surface area (Å²) in [5.41, 5.74) is 3.24. The van der Waals surface area contributed by atoms with Gasteiger partial charge in [-0.3, -0.25) is 0 Å². The minimum Gasteiger partial charge on any atom is -0.389 e. The standard InChI is InChI=1S/C14H12ClN3O/c1-9(19)10-6-7-13(11(15)8-10)18-14-5-3-2-4-12(14)16-17-18/h2-9,19H,1H3/t9-/m1/s1. The predicted octanol–water partition coefficient (Wildman–Crippen LogP) is 3.13. The summed E-state index contributed by atoms with van der Waals surface area (Å²) in [5.74, 6) is 0. The van der Waals surface area contributed by atoms with Crippen LogP contribution in [0.15, 0.2) is 42.5 Å². The maximum atomic E-state index is 9.55. The van der Waals surface area contributed by atoms with Gasteiger partial charge in [0.05, 0.1) is 22.3 Å². The molecular formula is C14H12ClN3O. The predicted molar refractivity (Wildman–Crippen MR) is 74.5 cm³/mol. The van der Waals surface area contributed by atoms with Crippen molar-refractivity contribution in [2.45, 2.75) is 13.0 Å². The third-order valence-electron chi connectivity index (χ3n) is 3.03. The minimum absolute atomic E-state index is 0.536. The van der Waals surface area contributed by atoms with Gasteiger partial charge in [0.1, 0.15) is 5.52 Å². The van der Waals surface area contributed by atoms with Crippen molar-refractivity contribution in [3.63, 3.8) is 0 Å². The highest BCUT2D eigenvalue weighted by Gasteiger charge is 2.11. The van der Waals surface area contributed by atoms with Gasteiger partial charge in [-0.25, -0.2) is 4.68 Å². The number of rotatable bonds is 2. The Kier molecular flexibility index (Phi) is 2.97. The first-order chi connectivity index (χ1) is 9.16. The normalized spacial score (nSPS) is 12.8. The summed E-state index contributed by atoms with van der Waals surface area (Å²) < 4.78 is 1.70. The molecule has 4 nitrogen and oxygen atoms in total. The molecule has 3 rings (SSSR count). The van der Waals surface area contributed by atoms with E-state index < -0.39 is 6.10 Å². The molecule has 0 saturated carbocycles. The van der Waals surface area contributed by atoms with Crippen LogP contribution in [0.3, 0.4) is 0 Å². The van der Waals surface area contributed by atoms with Crippen LogP contribution < -0.4 is 0 Å². The summed E-state index contributed by atoms with van der Waals surface area (Å²) in [5, 5.41) is 18.3. The van der Waals surface area contributed by atoms with Crippen molar-refractivity contribution in [2.24, 2.45) is 0 Å². The summed E-state index contributed by atoms with van der Waals surface area (Å²) in [7, 11) is 0. The van der Waals surface area contributed by atoms with Crippen LogP contribution in [0.2, 0.25) is 5.02 Å². The topological polar surface area (TPSA) is 50.9 Å². The number of halogens is 1. The quantitative estimate of drug-likeness (QED) is 0.780. The Morgan fingerprint density at radius 3 is 2.74 bits per heavy atom. The first-order valence-electron chi connectivity index (χ1n) is 5.95. The molecule has 5 heteroatoms. The molecule has 0 aliphatic carbocycles. The van der Waals surface area contributed by atoms with Crippen LogP contribution in [0, 0.1) is 0 Å². The summed E-state index contributed by atoms with van der Waals surface area (Å²) >= 11 is 6.27. The number of para-hydroxylation sites is 1. The molecule has 0 fully saturated rings. The van der Waals surface area contributed by atoms with Crippen molar-refractivity contribution < 1.29 is 5.11 Å². The second kappa shape index (κ2) is 4.64. The number of hydrogen-bond acceptors (Lipinski definition) is 3. The Bertz CT molecular complexity index is 736. The molecule has 0 amide bonds. The van der Waals surface area contributed by atoms with E-state index in [-0.39, 0.29) is 0 Å². The van der Waals surface area contributed by atoms with E-state index in [1.807, 2.05) is 36.4 Å². The second-order valence-corrected chi connectivity index (χ2v) is 4.78. The number of benzene rings is 2. The minimum atomic E-state index is -0.543. The first kappa shape index (κ1) is 12.1. The van der Waals surface area contributed by atoms with Crippen LogP contribution in [-0.2, 0) is 0 Å². The molecule has 0 aliphatic rings. The molecule has 0 spiro atoms. The van der Waals surface area contributed by atoms with Crippen molar-refractivity contribution >= 4 is 22.6 Å². The van der Waals surface area contributed by atoms with Crippen LogP contribution in [0.4, 0.5) is 0 Å². The van der Waals surface area contributed by atoms with Gasteiger partial charge in [0, 0.05) is 0 Å². The third-order valence-corrected chi connectivity index (χ3v) is 3.34. The maximum Gasteiger partial charge on any atom is 0.113 e. The molecule has 0 radical (unpaired) electrons. The average Bonchev–Trinajstić information content (AvgIpc) is 2.82. The zero-order valence-corrected chi connectivity index (χ0v) is 11.0. The van der Waals surface area contributed by atoms with Crippen LogP contribution in [0.5, 0.6) is 0 Å². The molecule has 3 aromatic rings. The molecular weight excluding hydrogens is 262 g/mol. The molecule has 1 N–H and O–H groups in total. The van der Waals surface area contributed by atoms with Gasteiger partial charge in [-0.05, 0) is 36.8 Å². The molecule has 19 heavy (non-hydrogen) atoms. The molecule has 96 valence electrons. The lowest BCUT2D eigenvalue weighted by Crippen LogP contribution is -1.99. The molecule has 0 unspecified atom stereocenters. The molecule has 2 aromatic carbocycles. The maximum absolute atomic E-state index is 9.55. The van der Waals surface area contributed by atoms with Gasteiger partial charge in [-0.1, -0.05) is 35.0 Å². The lowest BCUT2D eigenvalue weighted by atomic mass is 10.1. The highest BCUT2D eigenvalue weighted by atomic mass is 35.5. The lowest BCUT2D eigenvalue weighted by molar-refractivity contribution is 0.199. The number of hydrogen-bond donors (Lipinski definition) is 1. The van der Waals surface area contributed by atoms with Crippen molar-refractivity contribution in [3.8, 4) is 5.69 Å². The average molecular weight is 274 g/mol. The van der Waals surface area contributed by atoms with Gasteiger partial charge in [0.15, 0.2) is 0 Å². The van der Waals surface area contributed by atoms with E-state index in [1.54, 1.807) is 17.7 Å². The Labute approximate surface area is 115 Å². The first-order valence-corrected chi connectivity index (χ1v) is 6.33. The summed E-state index contributed by atoms with van der Waals surface area (Å²) in [6.07, 6.45) is -0.543. The highest BCUT2D eigenvalue weighted by Crippen LogP contribution is 2.26. The van der Waals surface area contributed by atoms with Crippen molar-refractivity contribution in [1.82, 2.24) is 15.0 Å². The number of fused-ring (bicyclic) bond motifs is 1. The van der Waals surface area contributed by atoms with Gasteiger partial charge in [0.2, 0.25) is 0 Å². The number of aliphatic hydroxyl groups excluding tert-OH is 1. The van der Waals surface area contributed by atoms with E-state index in [4.69, 9.17) is 11.6 Å². The molecule has 0 saturated heterocycles. The molecule has 0 aliphatic heterocycles. The van der Waals surface area contributed by atoms with E-state index in [0.717, 1.165) is 22.3 Å². The zero-order valence-electron chi connectivity index (χ0n) is 10.3. The number of aromatic nitrogens is 3. The number of nitrogens with zero attached hydrogens (tertiary/aromatic N) is 3. The lowest BCUT2D eigenvalue weighted by Gasteiger charge is -2.09. The van der Waals surface area contributed by atoms with Crippen LogP contribution in [0.25, 0.3) is 16.7 Å². The Balaban J connectivity index is 2.17. The fraction of sp³-hybridized carbons (Fsp3) is 0.143. The smallest absolute Gasteiger partial charge is 0.113 e. The van der Waals surface area contributed by atoms with E-state index in [2.05, 4.69) is 10.3 Å². The van der Waals surface area contributed by atoms with Crippen molar-refractivity contribution in [3.05, 3.63) is 53.1 Å². The molecule has 1 atom stereocenters. The van der Waals surface area contributed by atoms with E-state index in [0.29, 0.717) is 5.02 Å². The van der Waals surface area contributed by atoms with Crippen molar-refractivity contribution in [2.75, 3.05) is 0 Å². The Morgan fingerprint density at radius 1 is 1.21 bits per heavy atom. The fourth-order valence-electron chi connectivity index (χ4n) is 2.00. The summed E-state index contributed by atoms with van der Waals surface area (Å²) in [6, 6.07) is 13.1.